The Morgan fingerprint density at radius 2 is 2.04 bits per heavy atom. The molecule has 0 bridgehead atoms. The maximum atomic E-state index is 13.6. The molecule has 7 nitrogen and oxygen atoms in total. The number of piperidine rings is 1. The summed E-state index contributed by atoms with van der Waals surface area (Å²) in [5.74, 6) is -0.830. The minimum Gasteiger partial charge on any atom is -0.444 e. The lowest BCUT2D eigenvalue weighted by Gasteiger charge is -2.33. The molecule has 1 aliphatic rings. The van der Waals surface area contributed by atoms with Crippen molar-refractivity contribution in [1.82, 2.24) is 10.2 Å². The van der Waals surface area contributed by atoms with Gasteiger partial charge >= 0.3 is 11.8 Å². The molecule has 0 unspecified atom stereocenters. The van der Waals surface area contributed by atoms with E-state index in [1.165, 1.54) is 12.1 Å². The van der Waals surface area contributed by atoms with Gasteiger partial charge in [-0.2, -0.15) is 4.39 Å². The van der Waals surface area contributed by atoms with Crippen molar-refractivity contribution in [3.63, 3.8) is 0 Å². The Balaban J connectivity index is 1.80. The smallest absolute Gasteiger partial charge is 0.410 e. The second kappa shape index (κ2) is 7.77. The molecule has 2 rings (SSSR count). The SMILES string of the molecule is CC(C)(C)OC(=O)N1CCC(NCc2ccc([N+](=O)[O-])c(F)c2)CC1. The molecule has 0 saturated carbocycles. The number of nitro benzene ring substituents is 1. The number of hydrogen-bond donors (Lipinski definition) is 1. The summed E-state index contributed by atoms with van der Waals surface area (Å²) in [6.07, 6.45) is 1.24. The lowest BCUT2D eigenvalue weighted by molar-refractivity contribution is -0.387. The van der Waals surface area contributed by atoms with Gasteiger partial charge in [-0.05, 0) is 45.2 Å². The molecule has 0 radical (unpaired) electrons. The Morgan fingerprint density at radius 3 is 2.56 bits per heavy atom. The number of carbonyl (C=O) groups excluding carboxylic acids is 1. The summed E-state index contributed by atoms with van der Waals surface area (Å²) >= 11 is 0. The van der Waals surface area contributed by atoms with E-state index in [-0.39, 0.29) is 12.1 Å². The van der Waals surface area contributed by atoms with Crippen LogP contribution < -0.4 is 5.32 Å². The highest BCUT2D eigenvalue weighted by Gasteiger charge is 2.26. The van der Waals surface area contributed by atoms with Gasteiger partial charge < -0.3 is 15.0 Å². The number of amides is 1. The maximum Gasteiger partial charge on any atom is 0.410 e. The van der Waals surface area contributed by atoms with Gasteiger partial charge in [0, 0.05) is 31.7 Å². The average molecular weight is 353 g/mol. The molecule has 0 atom stereocenters. The Hall–Kier alpha value is -2.22. The number of likely N-dealkylation sites (tertiary alicyclic amines) is 1. The highest BCUT2D eigenvalue weighted by Crippen LogP contribution is 2.19. The zero-order valence-corrected chi connectivity index (χ0v) is 14.8. The Morgan fingerprint density at radius 1 is 1.40 bits per heavy atom. The van der Waals surface area contributed by atoms with Crippen molar-refractivity contribution >= 4 is 11.8 Å². The van der Waals surface area contributed by atoms with Gasteiger partial charge in [0.25, 0.3) is 0 Å². The summed E-state index contributed by atoms with van der Waals surface area (Å²) in [5, 5.41) is 13.9. The van der Waals surface area contributed by atoms with Gasteiger partial charge in [0.1, 0.15) is 5.60 Å². The summed E-state index contributed by atoms with van der Waals surface area (Å²) in [4.78, 5) is 23.6. The van der Waals surface area contributed by atoms with E-state index in [0.29, 0.717) is 25.2 Å². The van der Waals surface area contributed by atoms with Crippen LogP contribution in [0.1, 0.15) is 39.2 Å². The lowest BCUT2D eigenvalue weighted by atomic mass is 10.0. The summed E-state index contributed by atoms with van der Waals surface area (Å²) in [6.45, 7) is 7.13. The normalized spacial score (nSPS) is 15.9. The number of ether oxygens (including phenoxy) is 1. The summed E-state index contributed by atoms with van der Waals surface area (Å²) in [7, 11) is 0. The molecule has 1 aromatic carbocycles. The van der Waals surface area contributed by atoms with Crippen LogP contribution in [0.4, 0.5) is 14.9 Å². The number of benzene rings is 1. The molecular formula is C17H24FN3O4. The van der Waals surface area contributed by atoms with Crippen LogP contribution in [-0.4, -0.2) is 40.6 Å². The van der Waals surface area contributed by atoms with E-state index in [9.17, 15) is 19.3 Å². The first kappa shape index (κ1) is 19.1. The van der Waals surface area contributed by atoms with E-state index in [1.807, 2.05) is 20.8 Å². The van der Waals surface area contributed by atoms with Crippen LogP contribution in [0, 0.1) is 15.9 Å². The first-order valence-electron chi connectivity index (χ1n) is 8.30. The molecule has 25 heavy (non-hydrogen) atoms. The molecule has 1 N–H and O–H groups in total. The fraction of sp³-hybridized carbons (Fsp3) is 0.588. The van der Waals surface area contributed by atoms with Gasteiger partial charge in [-0.15, -0.1) is 0 Å². The highest BCUT2D eigenvalue weighted by molar-refractivity contribution is 5.68. The molecule has 1 fully saturated rings. The predicted molar refractivity (Wildman–Crippen MR) is 90.7 cm³/mol. The van der Waals surface area contributed by atoms with Crippen molar-refractivity contribution < 1.29 is 18.8 Å². The fourth-order valence-corrected chi connectivity index (χ4v) is 2.66. The zero-order valence-electron chi connectivity index (χ0n) is 14.8. The predicted octanol–water partition coefficient (Wildman–Crippen LogP) is 3.22. The minimum absolute atomic E-state index is 0.205. The average Bonchev–Trinajstić information content (AvgIpc) is 2.51. The van der Waals surface area contributed by atoms with Gasteiger partial charge in [0.05, 0.1) is 4.92 Å². The van der Waals surface area contributed by atoms with Crippen molar-refractivity contribution in [2.75, 3.05) is 13.1 Å². The van der Waals surface area contributed by atoms with Gasteiger partial charge in [0.15, 0.2) is 0 Å². The van der Waals surface area contributed by atoms with Crippen LogP contribution in [0.3, 0.4) is 0 Å². The van der Waals surface area contributed by atoms with E-state index in [4.69, 9.17) is 4.74 Å². The van der Waals surface area contributed by atoms with E-state index in [1.54, 1.807) is 11.0 Å². The largest absolute Gasteiger partial charge is 0.444 e. The topological polar surface area (TPSA) is 84.7 Å². The van der Waals surface area contributed by atoms with Gasteiger partial charge in [-0.25, -0.2) is 4.79 Å². The third-order valence-electron chi connectivity index (χ3n) is 3.95. The van der Waals surface area contributed by atoms with Crippen LogP contribution in [0.5, 0.6) is 0 Å². The zero-order chi connectivity index (χ0) is 18.6. The summed E-state index contributed by atoms with van der Waals surface area (Å²) in [6, 6.07) is 4.11. The highest BCUT2D eigenvalue weighted by atomic mass is 19.1. The van der Waals surface area contributed by atoms with Crippen LogP contribution in [-0.2, 0) is 11.3 Å². The van der Waals surface area contributed by atoms with Gasteiger partial charge in [0.2, 0.25) is 5.82 Å². The van der Waals surface area contributed by atoms with E-state index < -0.39 is 22.0 Å². The minimum atomic E-state index is -0.830. The second-order valence-corrected chi connectivity index (χ2v) is 7.17. The number of nitro groups is 1. The number of halogens is 1. The van der Waals surface area contributed by atoms with E-state index >= 15 is 0 Å². The number of hydrogen-bond acceptors (Lipinski definition) is 5. The van der Waals surface area contributed by atoms with Crippen molar-refractivity contribution in [2.45, 2.75) is 51.8 Å². The van der Waals surface area contributed by atoms with Crippen molar-refractivity contribution in [3.8, 4) is 0 Å². The third kappa shape index (κ3) is 5.67. The van der Waals surface area contributed by atoms with Gasteiger partial charge in [-0.3, -0.25) is 10.1 Å². The quantitative estimate of drug-likeness (QED) is 0.663. The standard InChI is InChI=1S/C17H24FN3O4/c1-17(2,3)25-16(22)20-8-6-13(7-9-20)19-11-12-4-5-15(21(23)24)14(18)10-12/h4-5,10,13,19H,6-9,11H2,1-3H3. The van der Waals surface area contributed by atoms with Crippen LogP contribution in [0.2, 0.25) is 0 Å². The van der Waals surface area contributed by atoms with Crippen molar-refractivity contribution in [1.29, 1.82) is 0 Å². The second-order valence-electron chi connectivity index (χ2n) is 7.17. The Kier molecular flexibility index (Phi) is 5.94. The number of carbonyl (C=O) groups is 1. The molecule has 1 aromatic rings. The molecule has 1 heterocycles. The van der Waals surface area contributed by atoms with Gasteiger partial charge in [-0.1, -0.05) is 6.07 Å². The Bertz CT molecular complexity index is 637. The molecule has 1 aliphatic heterocycles. The Labute approximate surface area is 146 Å². The molecule has 0 spiro atoms. The third-order valence-corrected chi connectivity index (χ3v) is 3.95. The fourth-order valence-electron chi connectivity index (χ4n) is 2.66. The van der Waals surface area contributed by atoms with Crippen LogP contribution in [0.25, 0.3) is 0 Å². The first-order valence-corrected chi connectivity index (χ1v) is 8.30. The summed E-state index contributed by atoms with van der Waals surface area (Å²) in [5.41, 5.74) is -0.376. The molecule has 0 aliphatic carbocycles. The van der Waals surface area contributed by atoms with E-state index in [2.05, 4.69) is 5.32 Å². The number of nitrogens with zero attached hydrogens (tertiary/aromatic N) is 2. The van der Waals surface area contributed by atoms with Crippen molar-refractivity contribution in [3.05, 3.63) is 39.7 Å². The molecule has 1 amide bonds. The van der Waals surface area contributed by atoms with Crippen LogP contribution in [0.15, 0.2) is 18.2 Å². The number of rotatable bonds is 4. The molecule has 138 valence electrons. The lowest BCUT2D eigenvalue weighted by Crippen LogP contribution is -2.46. The number of nitrogens with one attached hydrogen (secondary N) is 1. The molecule has 8 heteroatoms. The van der Waals surface area contributed by atoms with Crippen molar-refractivity contribution in [2.24, 2.45) is 0 Å². The molecule has 0 aromatic heterocycles. The summed E-state index contributed by atoms with van der Waals surface area (Å²) < 4.78 is 19.0. The monoisotopic (exact) mass is 353 g/mol. The molecular weight excluding hydrogens is 329 g/mol. The maximum absolute atomic E-state index is 13.6. The van der Waals surface area contributed by atoms with Crippen LogP contribution >= 0.6 is 0 Å². The van der Waals surface area contributed by atoms with E-state index in [0.717, 1.165) is 12.8 Å². The first-order chi connectivity index (χ1) is 11.7. The molecule has 1 saturated heterocycles.